The lowest BCUT2D eigenvalue weighted by Crippen LogP contribution is -2.45. The highest BCUT2D eigenvalue weighted by Crippen LogP contribution is 2.29. The molecule has 1 rings (SSSR count). The number of hydrogen-bond acceptors (Lipinski definition) is 4. The van der Waals surface area contributed by atoms with Crippen LogP contribution in [0.2, 0.25) is 0 Å². The standard InChI is InChI=1S/C16H25BrN2O3/c1-16(2,3)22-15(21)19-12(7-6-10-18)11-14(20)13(19)8-4-5-9-17/h12-13H,4-9,11H2,1-3H3/t12-,13-/m1/s1. The minimum atomic E-state index is -0.594. The molecule has 2 atom stereocenters. The molecule has 0 radical (unpaired) electrons. The van der Waals surface area contributed by atoms with Crippen molar-refractivity contribution in [2.24, 2.45) is 0 Å². The molecule has 1 fully saturated rings. The van der Waals surface area contributed by atoms with Gasteiger partial charge < -0.3 is 4.74 Å². The van der Waals surface area contributed by atoms with Crippen LogP contribution >= 0.6 is 15.9 Å². The van der Waals surface area contributed by atoms with Crippen molar-refractivity contribution in [3.05, 3.63) is 0 Å². The van der Waals surface area contributed by atoms with Crippen LogP contribution in [0.3, 0.4) is 0 Å². The highest BCUT2D eigenvalue weighted by atomic mass is 79.9. The average Bonchev–Trinajstić information content (AvgIpc) is 2.71. The largest absolute Gasteiger partial charge is 0.444 e. The normalized spacial score (nSPS) is 21.8. The second-order valence-corrected chi connectivity index (χ2v) is 7.40. The third-order valence-corrected chi connectivity index (χ3v) is 4.15. The van der Waals surface area contributed by atoms with Crippen molar-refractivity contribution in [3.63, 3.8) is 0 Å². The van der Waals surface area contributed by atoms with E-state index in [-0.39, 0.29) is 11.8 Å². The van der Waals surface area contributed by atoms with Crippen LogP contribution in [0.4, 0.5) is 4.79 Å². The number of alkyl halides is 1. The van der Waals surface area contributed by atoms with E-state index in [4.69, 9.17) is 10.00 Å². The van der Waals surface area contributed by atoms with E-state index in [1.54, 1.807) is 4.90 Å². The molecule has 0 unspecified atom stereocenters. The zero-order chi connectivity index (χ0) is 16.8. The smallest absolute Gasteiger partial charge is 0.411 e. The Morgan fingerprint density at radius 1 is 1.41 bits per heavy atom. The highest BCUT2D eigenvalue weighted by Gasteiger charge is 2.43. The zero-order valence-electron chi connectivity index (χ0n) is 13.6. The molecule has 1 saturated heterocycles. The number of halogens is 1. The Bertz CT molecular complexity index is 440. The summed E-state index contributed by atoms with van der Waals surface area (Å²) in [5.74, 6) is 0.0865. The molecular formula is C16H25BrN2O3. The van der Waals surface area contributed by atoms with Gasteiger partial charge in [0.2, 0.25) is 0 Å². The first-order chi connectivity index (χ1) is 10.3. The van der Waals surface area contributed by atoms with Crippen molar-refractivity contribution >= 4 is 27.8 Å². The Morgan fingerprint density at radius 3 is 2.64 bits per heavy atom. The molecule has 0 aromatic rings. The third kappa shape index (κ3) is 5.60. The van der Waals surface area contributed by atoms with Crippen molar-refractivity contribution in [1.82, 2.24) is 4.90 Å². The molecule has 0 bridgehead atoms. The van der Waals surface area contributed by atoms with E-state index in [9.17, 15) is 9.59 Å². The van der Waals surface area contributed by atoms with Crippen molar-refractivity contribution in [1.29, 1.82) is 5.26 Å². The lowest BCUT2D eigenvalue weighted by Gasteiger charge is -2.31. The molecule has 6 heteroatoms. The van der Waals surface area contributed by atoms with E-state index in [0.29, 0.717) is 25.7 Å². The number of unbranched alkanes of at least 4 members (excludes halogenated alkanes) is 1. The molecule has 0 aromatic heterocycles. The molecular weight excluding hydrogens is 348 g/mol. The molecule has 0 N–H and O–H groups in total. The van der Waals surface area contributed by atoms with E-state index in [0.717, 1.165) is 18.2 Å². The van der Waals surface area contributed by atoms with E-state index >= 15 is 0 Å². The molecule has 22 heavy (non-hydrogen) atoms. The van der Waals surface area contributed by atoms with Gasteiger partial charge in [0.1, 0.15) is 5.60 Å². The number of hydrogen-bond donors (Lipinski definition) is 0. The summed E-state index contributed by atoms with van der Waals surface area (Å²) in [5, 5.41) is 9.66. The average molecular weight is 373 g/mol. The summed E-state index contributed by atoms with van der Waals surface area (Å²) in [5.41, 5.74) is -0.594. The number of Topliss-reactive ketones (excluding diaryl/α,β-unsaturated/α-hetero) is 1. The van der Waals surface area contributed by atoms with Gasteiger partial charge in [0.25, 0.3) is 0 Å². The predicted octanol–water partition coefficient (Wildman–Crippen LogP) is 3.80. The number of ketones is 1. The number of amides is 1. The van der Waals surface area contributed by atoms with Gasteiger partial charge >= 0.3 is 6.09 Å². The van der Waals surface area contributed by atoms with Gasteiger partial charge in [-0.3, -0.25) is 9.69 Å². The van der Waals surface area contributed by atoms with Gasteiger partial charge in [-0.1, -0.05) is 22.4 Å². The molecule has 0 spiro atoms. The van der Waals surface area contributed by atoms with Crippen LogP contribution in [0.25, 0.3) is 0 Å². The van der Waals surface area contributed by atoms with E-state index in [1.165, 1.54) is 0 Å². The quantitative estimate of drug-likeness (QED) is 0.525. The van der Waals surface area contributed by atoms with Crippen LogP contribution in [0.5, 0.6) is 0 Å². The lowest BCUT2D eigenvalue weighted by molar-refractivity contribution is -0.120. The van der Waals surface area contributed by atoms with Crippen molar-refractivity contribution in [2.45, 2.75) is 77.0 Å². The number of likely N-dealkylation sites (tertiary alicyclic amines) is 1. The number of ether oxygens (including phenoxy) is 1. The van der Waals surface area contributed by atoms with E-state index in [2.05, 4.69) is 22.0 Å². The SMILES string of the molecule is CC(C)(C)OC(=O)N1[C@H](CCC#N)CC(=O)[C@H]1CCCCBr. The Labute approximate surface area is 141 Å². The Kier molecular flexibility index (Phi) is 7.34. The van der Waals surface area contributed by atoms with Gasteiger partial charge in [0, 0.05) is 24.2 Å². The maximum Gasteiger partial charge on any atom is 0.411 e. The minimum absolute atomic E-state index is 0.0865. The predicted molar refractivity (Wildman–Crippen MR) is 87.8 cm³/mol. The van der Waals surface area contributed by atoms with Crippen LogP contribution in [0, 0.1) is 11.3 Å². The van der Waals surface area contributed by atoms with Crippen LogP contribution in [0.1, 0.15) is 59.3 Å². The second kappa shape index (κ2) is 8.52. The molecule has 1 aliphatic heterocycles. The van der Waals surface area contributed by atoms with Crippen LogP contribution in [-0.4, -0.2) is 39.8 Å². The summed E-state index contributed by atoms with van der Waals surface area (Å²) < 4.78 is 5.46. The summed E-state index contributed by atoms with van der Waals surface area (Å²) in [4.78, 5) is 26.3. The van der Waals surface area contributed by atoms with Gasteiger partial charge in [0.15, 0.2) is 5.78 Å². The third-order valence-electron chi connectivity index (χ3n) is 3.59. The number of nitriles is 1. The lowest BCUT2D eigenvalue weighted by atomic mass is 10.1. The van der Waals surface area contributed by atoms with Gasteiger partial charge in [-0.15, -0.1) is 0 Å². The Balaban J connectivity index is 2.85. The van der Waals surface area contributed by atoms with E-state index < -0.39 is 17.7 Å². The molecule has 5 nitrogen and oxygen atoms in total. The first kappa shape index (κ1) is 19.0. The Hall–Kier alpha value is -1.09. The summed E-state index contributed by atoms with van der Waals surface area (Å²) in [6.45, 7) is 5.44. The van der Waals surface area contributed by atoms with Crippen molar-refractivity contribution in [3.8, 4) is 6.07 Å². The number of carbonyl (C=O) groups is 2. The highest BCUT2D eigenvalue weighted by molar-refractivity contribution is 9.09. The first-order valence-electron chi connectivity index (χ1n) is 7.77. The fourth-order valence-electron chi connectivity index (χ4n) is 2.67. The second-order valence-electron chi connectivity index (χ2n) is 6.61. The number of rotatable bonds is 6. The number of carbonyl (C=O) groups excluding carboxylic acids is 2. The molecule has 0 aliphatic carbocycles. The first-order valence-corrected chi connectivity index (χ1v) is 8.89. The molecule has 1 heterocycles. The maximum absolute atomic E-state index is 12.5. The molecule has 0 saturated carbocycles. The summed E-state index contributed by atoms with van der Waals surface area (Å²) in [6, 6.07) is 1.47. The maximum atomic E-state index is 12.5. The zero-order valence-corrected chi connectivity index (χ0v) is 15.2. The van der Waals surface area contributed by atoms with Crippen molar-refractivity contribution in [2.75, 3.05) is 5.33 Å². The van der Waals surface area contributed by atoms with E-state index in [1.807, 2.05) is 20.8 Å². The number of nitrogens with zero attached hydrogens (tertiary/aromatic N) is 2. The van der Waals surface area contributed by atoms with Gasteiger partial charge in [-0.25, -0.2) is 4.79 Å². The molecule has 124 valence electrons. The van der Waals surface area contributed by atoms with Crippen LogP contribution < -0.4 is 0 Å². The monoisotopic (exact) mass is 372 g/mol. The topological polar surface area (TPSA) is 70.4 Å². The fraction of sp³-hybridized carbons (Fsp3) is 0.812. The molecule has 1 aliphatic rings. The van der Waals surface area contributed by atoms with Gasteiger partial charge in [-0.2, -0.15) is 5.26 Å². The summed E-state index contributed by atoms with van der Waals surface area (Å²) in [7, 11) is 0. The van der Waals surface area contributed by atoms with Crippen LogP contribution in [0.15, 0.2) is 0 Å². The van der Waals surface area contributed by atoms with Crippen LogP contribution in [-0.2, 0) is 9.53 Å². The Morgan fingerprint density at radius 2 is 2.09 bits per heavy atom. The fourth-order valence-corrected chi connectivity index (χ4v) is 3.07. The molecule has 0 aromatic carbocycles. The summed E-state index contributed by atoms with van der Waals surface area (Å²) in [6.07, 6.45) is 3.26. The van der Waals surface area contributed by atoms with Gasteiger partial charge in [-0.05, 0) is 40.0 Å². The van der Waals surface area contributed by atoms with Crippen molar-refractivity contribution < 1.29 is 14.3 Å². The summed E-state index contributed by atoms with van der Waals surface area (Å²) >= 11 is 3.38. The van der Waals surface area contributed by atoms with Gasteiger partial charge in [0.05, 0.1) is 12.1 Å². The molecule has 1 amide bonds. The minimum Gasteiger partial charge on any atom is -0.444 e.